The maximum Gasteiger partial charge on any atom is 0.137 e. The predicted molar refractivity (Wildman–Crippen MR) is 67.6 cm³/mol. The van der Waals surface area contributed by atoms with Crippen molar-refractivity contribution in [3.8, 4) is 0 Å². The van der Waals surface area contributed by atoms with Gasteiger partial charge in [-0.2, -0.15) is 0 Å². The molecule has 1 aromatic heterocycles. The first-order valence-corrected chi connectivity index (χ1v) is 6.14. The van der Waals surface area contributed by atoms with Gasteiger partial charge in [0.25, 0.3) is 0 Å². The Hall–Kier alpha value is -1.68. The lowest BCUT2D eigenvalue weighted by molar-refractivity contribution is 0.163. The first-order chi connectivity index (χ1) is 8.70. The van der Waals surface area contributed by atoms with Crippen LogP contribution in [-0.2, 0) is 13.0 Å². The summed E-state index contributed by atoms with van der Waals surface area (Å²) in [6, 6.07) is 6.18. The van der Waals surface area contributed by atoms with Crippen molar-refractivity contribution in [2.24, 2.45) is 0 Å². The molecular formula is C14H17FN2O. The van der Waals surface area contributed by atoms with Crippen molar-refractivity contribution in [3.63, 3.8) is 0 Å². The fourth-order valence-electron chi connectivity index (χ4n) is 1.98. The molecule has 1 atom stereocenters. The van der Waals surface area contributed by atoms with Crippen LogP contribution in [0.5, 0.6) is 0 Å². The van der Waals surface area contributed by atoms with E-state index in [0.717, 1.165) is 18.5 Å². The van der Waals surface area contributed by atoms with Gasteiger partial charge >= 0.3 is 0 Å². The Morgan fingerprint density at radius 1 is 1.33 bits per heavy atom. The van der Waals surface area contributed by atoms with Gasteiger partial charge in [-0.1, -0.05) is 19.1 Å². The molecule has 1 N–H and O–H groups in total. The minimum atomic E-state index is -0.656. The molecule has 3 nitrogen and oxygen atoms in total. The SMILES string of the molecule is CCCn1ccnc1C(O)Cc1ccc(F)cc1. The summed E-state index contributed by atoms with van der Waals surface area (Å²) in [5, 5.41) is 10.2. The Labute approximate surface area is 106 Å². The summed E-state index contributed by atoms with van der Waals surface area (Å²) in [6.07, 6.45) is 4.34. The van der Waals surface area contributed by atoms with E-state index in [1.165, 1.54) is 12.1 Å². The third-order valence-corrected chi connectivity index (χ3v) is 2.85. The molecule has 0 saturated heterocycles. The van der Waals surface area contributed by atoms with Gasteiger partial charge in [0, 0.05) is 25.4 Å². The molecule has 0 bridgehead atoms. The largest absolute Gasteiger partial charge is 0.385 e. The van der Waals surface area contributed by atoms with Gasteiger partial charge in [-0.15, -0.1) is 0 Å². The molecule has 96 valence electrons. The summed E-state index contributed by atoms with van der Waals surface area (Å²) >= 11 is 0. The quantitative estimate of drug-likeness (QED) is 0.883. The number of imidazole rings is 1. The van der Waals surface area contributed by atoms with E-state index in [-0.39, 0.29) is 5.82 Å². The van der Waals surface area contributed by atoms with E-state index in [1.807, 2.05) is 10.8 Å². The van der Waals surface area contributed by atoms with E-state index in [0.29, 0.717) is 12.2 Å². The number of hydrogen-bond acceptors (Lipinski definition) is 2. The smallest absolute Gasteiger partial charge is 0.137 e. The summed E-state index contributed by atoms with van der Waals surface area (Å²) in [5.74, 6) is 0.405. The van der Waals surface area contributed by atoms with E-state index in [9.17, 15) is 9.50 Å². The zero-order valence-corrected chi connectivity index (χ0v) is 10.4. The average molecular weight is 248 g/mol. The monoisotopic (exact) mass is 248 g/mol. The second-order valence-corrected chi connectivity index (χ2v) is 4.33. The average Bonchev–Trinajstić information content (AvgIpc) is 2.81. The summed E-state index contributed by atoms with van der Waals surface area (Å²) < 4.78 is 14.7. The van der Waals surface area contributed by atoms with Crippen molar-refractivity contribution < 1.29 is 9.50 Å². The molecule has 1 aromatic carbocycles. The van der Waals surface area contributed by atoms with Gasteiger partial charge < -0.3 is 9.67 Å². The van der Waals surface area contributed by atoms with Crippen LogP contribution in [0.1, 0.15) is 30.8 Å². The number of aliphatic hydroxyl groups excluding tert-OH is 1. The molecule has 4 heteroatoms. The first kappa shape index (κ1) is 12.8. The van der Waals surface area contributed by atoms with E-state index < -0.39 is 6.10 Å². The van der Waals surface area contributed by atoms with Crippen molar-refractivity contribution in [3.05, 3.63) is 53.9 Å². The van der Waals surface area contributed by atoms with Crippen molar-refractivity contribution in [1.29, 1.82) is 0 Å². The second kappa shape index (κ2) is 5.78. The molecule has 1 heterocycles. The van der Waals surface area contributed by atoms with Crippen LogP contribution in [0.2, 0.25) is 0 Å². The predicted octanol–water partition coefficient (Wildman–Crippen LogP) is 2.71. The molecule has 0 aliphatic carbocycles. The van der Waals surface area contributed by atoms with Gasteiger partial charge in [-0.3, -0.25) is 0 Å². The van der Waals surface area contributed by atoms with Gasteiger partial charge in [0.1, 0.15) is 17.7 Å². The van der Waals surface area contributed by atoms with Crippen LogP contribution in [0.15, 0.2) is 36.7 Å². The number of hydrogen-bond donors (Lipinski definition) is 1. The summed E-state index contributed by atoms with van der Waals surface area (Å²) in [6.45, 7) is 2.92. The molecule has 1 unspecified atom stereocenters. The summed E-state index contributed by atoms with van der Waals surface area (Å²) in [7, 11) is 0. The van der Waals surface area contributed by atoms with Gasteiger partial charge in [-0.25, -0.2) is 9.37 Å². The molecule has 2 aromatic rings. The number of aliphatic hydroxyl groups is 1. The number of rotatable bonds is 5. The lowest BCUT2D eigenvalue weighted by Gasteiger charge is -2.12. The van der Waals surface area contributed by atoms with E-state index >= 15 is 0 Å². The van der Waals surface area contributed by atoms with Crippen molar-refractivity contribution >= 4 is 0 Å². The molecule has 2 rings (SSSR count). The third-order valence-electron chi connectivity index (χ3n) is 2.85. The van der Waals surface area contributed by atoms with E-state index in [2.05, 4.69) is 11.9 Å². The molecule has 0 spiro atoms. The van der Waals surface area contributed by atoms with E-state index in [1.54, 1.807) is 18.3 Å². The normalized spacial score (nSPS) is 12.6. The van der Waals surface area contributed by atoms with Gasteiger partial charge in [0.15, 0.2) is 0 Å². The van der Waals surface area contributed by atoms with Crippen molar-refractivity contribution in [2.75, 3.05) is 0 Å². The Kier molecular flexibility index (Phi) is 4.10. The van der Waals surface area contributed by atoms with Crippen LogP contribution >= 0.6 is 0 Å². The Morgan fingerprint density at radius 2 is 2.06 bits per heavy atom. The molecule has 0 radical (unpaired) electrons. The molecule has 0 aliphatic heterocycles. The van der Waals surface area contributed by atoms with Crippen LogP contribution in [0.4, 0.5) is 4.39 Å². The molecular weight excluding hydrogens is 231 g/mol. The lowest BCUT2D eigenvalue weighted by atomic mass is 10.1. The topological polar surface area (TPSA) is 38.0 Å². The number of halogens is 1. The van der Waals surface area contributed by atoms with E-state index in [4.69, 9.17) is 0 Å². The molecule has 0 saturated carbocycles. The highest BCUT2D eigenvalue weighted by atomic mass is 19.1. The summed E-state index contributed by atoms with van der Waals surface area (Å²) in [5.41, 5.74) is 0.898. The highest BCUT2D eigenvalue weighted by molar-refractivity contribution is 5.18. The zero-order valence-electron chi connectivity index (χ0n) is 10.4. The highest BCUT2D eigenvalue weighted by Gasteiger charge is 2.14. The fraction of sp³-hybridized carbons (Fsp3) is 0.357. The number of aromatic nitrogens is 2. The minimum Gasteiger partial charge on any atom is -0.385 e. The van der Waals surface area contributed by atoms with Gasteiger partial charge in [0.05, 0.1) is 0 Å². The Morgan fingerprint density at radius 3 is 2.72 bits per heavy atom. The summed E-state index contributed by atoms with van der Waals surface area (Å²) in [4.78, 5) is 4.19. The standard InChI is InChI=1S/C14H17FN2O/c1-2-8-17-9-7-16-14(17)13(18)10-11-3-5-12(15)6-4-11/h3-7,9,13,18H,2,8,10H2,1H3. The van der Waals surface area contributed by atoms with Gasteiger partial charge in [-0.05, 0) is 24.1 Å². The maximum absolute atomic E-state index is 12.8. The number of benzene rings is 1. The van der Waals surface area contributed by atoms with Crippen molar-refractivity contribution in [2.45, 2.75) is 32.4 Å². The number of aryl methyl sites for hydroxylation is 1. The highest BCUT2D eigenvalue weighted by Crippen LogP contribution is 2.17. The number of nitrogens with zero attached hydrogens (tertiary/aromatic N) is 2. The van der Waals surface area contributed by atoms with Crippen LogP contribution in [0, 0.1) is 5.82 Å². The van der Waals surface area contributed by atoms with Crippen molar-refractivity contribution in [1.82, 2.24) is 9.55 Å². The van der Waals surface area contributed by atoms with Crippen LogP contribution in [0.3, 0.4) is 0 Å². The first-order valence-electron chi connectivity index (χ1n) is 6.14. The molecule has 0 aliphatic rings. The van der Waals surface area contributed by atoms with Crippen LogP contribution < -0.4 is 0 Å². The lowest BCUT2D eigenvalue weighted by Crippen LogP contribution is -2.10. The maximum atomic E-state index is 12.8. The second-order valence-electron chi connectivity index (χ2n) is 4.33. The van der Waals surface area contributed by atoms with Crippen LogP contribution in [-0.4, -0.2) is 14.7 Å². The fourth-order valence-corrected chi connectivity index (χ4v) is 1.98. The Bertz CT molecular complexity index is 493. The van der Waals surface area contributed by atoms with Gasteiger partial charge in [0.2, 0.25) is 0 Å². The van der Waals surface area contributed by atoms with Crippen LogP contribution in [0.25, 0.3) is 0 Å². The third kappa shape index (κ3) is 2.96. The molecule has 0 amide bonds. The zero-order chi connectivity index (χ0) is 13.0. The molecule has 18 heavy (non-hydrogen) atoms. The Balaban J connectivity index is 2.09. The minimum absolute atomic E-state index is 0.263. The molecule has 0 fully saturated rings.